The molecular weight excluding hydrogens is 292 g/mol. The van der Waals surface area contributed by atoms with E-state index in [4.69, 9.17) is 11.6 Å². The molecule has 2 rings (SSSR count). The number of halogens is 1. The second-order valence-electron chi connectivity index (χ2n) is 4.12. The van der Waals surface area contributed by atoms with Crippen LogP contribution in [0.25, 0.3) is 5.76 Å². The monoisotopic (exact) mass is 302 g/mol. The summed E-state index contributed by atoms with van der Waals surface area (Å²) in [5.74, 6) is -1.27. The van der Waals surface area contributed by atoms with E-state index in [-0.39, 0.29) is 0 Å². The maximum Gasteiger partial charge on any atom is 0.281 e. The number of nitroso groups, excluding NO2 is 1. The van der Waals surface area contributed by atoms with Crippen LogP contribution in [0.2, 0.25) is 5.02 Å². The molecule has 21 heavy (non-hydrogen) atoms. The molecule has 0 atom stereocenters. The molecule has 0 bridgehead atoms. The highest BCUT2D eigenvalue weighted by molar-refractivity contribution is 6.30. The van der Waals surface area contributed by atoms with Crippen molar-refractivity contribution in [1.82, 2.24) is 0 Å². The van der Waals surface area contributed by atoms with Gasteiger partial charge in [0.2, 0.25) is 5.70 Å². The minimum atomic E-state index is -0.798. The van der Waals surface area contributed by atoms with E-state index in [1.54, 1.807) is 54.6 Å². The predicted octanol–water partition coefficient (Wildman–Crippen LogP) is 3.97. The molecule has 2 aromatic carbocycles. The van der Waals surface area contributed by atoms with E-state index < -0.39 is 17.4 Å². The molecule has 0 spiro atoms. The van der Waals surface area contributed by atoms with E-state index in [0.29, 0.717) is 16.3 Å². The highest BCUT2D eigenvalue weighted by Gasteiger charge is 2.18. The Labute approximate surface area is 125 Å². The van der Waals surface area contributed by atoms with Crippen molar-refractivity contribution in [2.24, 2.45) is 5.18 Å². The van der Waals surface area contributed by atoms with E-state index in [0.717, 1.165) is 0 Å². The maximum absolute atomic E-state index is 12.0. The van der Waals surface area contributed by atoms with Crippen molar-refractivity contribution in [1.29, 1.82) is 0 Å². The lowest BCUT2D eigenvalue weighted by atomic mass is 10.1. The van der Waals surface area contributed by atoms with Crippen LogP contribution in [0, 0.1) is 4.91 Å². The third kappa shape index (κ3) is 3.67. The zero-order chi connectivity index (χ0) is 15.2. The first-order valence-electron chi connectivity index (χ1n) is 6.00. The summed E-state index contributed by atoms with van der Waals surface area (Å²) >= 11 is 5.74. The van der Waals surface area contributed by atoms with Gasteiger partial charge in [0, 0.05) is 16.3 Å². The average molecular weight is 303 g/mol. The second kappa shape index (κ2) is 6.67. The van der Waals surface area contributed by atoms with E-state index >= 15 is 0 Å². The van der Waals surface area contributed by atoms with Crippen LogP contribution in [-0.2, 0) is 4.79 Å². The second-order valence-corrected chi connectivity index (χ2v) is 4.55. The number of aliphatic hydroxyl groups is 1. The van der Waals surface area contributed by atoms with Gasteiger partial charge in [-0.25, -0.2) is 0 Å². The van der Waals surface area contributed by atoms with Gasteiger partial charge in [0.25, 0.3) is 5.91 Å². The Morgan fingerprint density at radius 3 is 2.24 bits per heavy atom. The SMILES string of the molecule is O=NC(C(=O)Nc1ccc(Cl)cc1)=C(O)c1ccccc1. The molecule has 0 aliphatic rings. The fourth-order valence-corrected chi connectivity index (χ4v) is 1.77. The minimum Gasteiger partial charge on any atom is -0.505 e. The number of nitrogens with one attached hydrogen (secondary N) is 1. The lowest BCUT2D eigenvalue weighted by Gasteiger charge is -2.06. The third-order valence-electron chi connectivity index (χ3n) is 2.68. The molecule has 2 aromatic rings. The summed E-state index contributed by atoms with van der Waals surface area (Å²) in [5, 5.41) is 15.6. The van der Waals surface area contributed by atoms with E-state index in [9.17, 15) is 14.8 Å². The van der Waals surface area contributed by atoms with Crippen LogP contribution in [0.4, 0.5) is 5.69 Å². The van der Waals surface area contributed by atoms with Crippen LogP contribution in [0.15, 0.2) is 65.5 Å². The van der Waals surface area contributed by atoms with E-state index in [2.05, 4.69) is 10.5 Å². The first-order valence-corrected chi connectivity index (χ1v) is 6.38. The number of anilines is 1. The van der Waals surface area contributed by atoms with Crippen molar-refractivity contribution in [3.05, 3.63) is 75.8 Å². The summed E-state index contributed by atoms with van der Waals surface area (Å²) in [6.07, 6.45) is 0. The van der Waals surface area contributed by atoms with Gasteiger partial charge in [-0.1, -0.05) is 41.9 Å². The topological polar surface area (TPSA) is 78.8 Å². The molecule has 1 amide bonds. The number of rotatable bonds is 4. The van der Waals surface area contributed by atoms with E-state index in [1.807, 2.05) is 0 Å². The minimum absolute atomic E-state index is 0.332. The lowest BCUT2D eigenvalue weighted by Crippen LogP contribution is -2.14. The molecule has 0 saturated carbocycles. The van der Waals surface area contributed by atoms with Crippen LogP contribution in [0.5, 0.6) is 0 Å². The number of benzene rings is 2. The van der Waals surface area contributed by atoms with Gasteiger partial charge in [0.05, 0.1) is 0 Å². The van der Waals surface area contributed by atoms with Crippen molar-refractivity contribution in [2.45, 2.75) is 0 Å². The number of hydrogen-bond donors (Lipinski definition) is 2. The zero-order valence-electron chi connectivity index (χ0n) is 10.8. The van der Waals surface area contributed by atoms with Gasteiger partial charge in [0.1, 0.15) is 0 Å². The summed E-state index contributed by atoms with van der Waals surface area (Å²) < 4.78 is 0. The van der Waals surface area contributed by atoms with Crippen molar-refractivity contribution in [2.75, 3.05) is 5.32 Å². The number of nitrogens with zero attached hydrogens (tertiary/aromatic N) is 1. The Kier molecular flexibility index (Phi) is 4.68. The molecule has 0 fully saturated rings. The lowest BCUT2D eigenvalue weighted by molar-refractivity contribution is -0.112. The third-order valence-corrected chi connectivity index (χ3v) is 2.93. The van der Waals surface area contributed by atoms with Crippen LogP contribution in [0.3, 0.4) is 0 Å². The number of aliphatic hydroxyl groups excluding tert-OH is 1. The molecular formula is C15H11ClN2O3. The van der Waals surface area contributed by atoms with Crippen LogP contribution in [-0.4, -0.2) is 11.0 Å². The first kappa shape index (κ1) is 14.7. The Hall–Kier alpha value is -2.66. The van der Waals surface area contributed by atoms with Crippen LogP contribution >= 0.6 is 11.6 Å². The molecule has 0 heterocycles. The molecule has 0 aromatic heterocycles. The molecule has 6 heteroatoms. The fourth-order valence-electron chi connectivity index (χ4n) is 1.65. The maximum atomic E-state index is 12.0. The van der Waals surface area contributed by atoms with Gasteiger partial charge in [-0.2, -0.15) is 0 Å². The van der Waals surface area contributed by atoms with Crippen LogP contribution in [0.1, 0.15) is 5.56 Å². The Morgan fingerprint density at radius 2 is 1.67 bits per heavy atom. The van der Waals surface area contributed by atoms with E-state index in [1.165, 1.54) is 0 Å². The summed E-state index contributed by atoms with van der Waals surface area (Å²) in [4.78, 5) is 22.8. The smallest absolute Gasteiger partial charge is 0.281 e. The number of carbonyl (C=O) groups is 1. The summed E-state index contributed by atoms with van der Waals surface area (Å²) in [5.41, 5.74) is 0.181. The molecule has 2 N–H and O–H groups in total. The normalized spacial score (nSPS) is 11.5. The molecule has 0 radical (unpaired) electrons. The largest absolute Gasteiger partial charge is 0.505 e. The molecule has 5 nitrogen and oxygen atoms in total. The standard InChI is InChI=1S/C15H11ClN2O3/c16-11-6-8-12(9-7-11)17-15(20)13(18-21)14(19)10-4-2-1-3-5-10/h1-9,19H,(H,17,20). The summed E-state index contributed by atoms with van der Waals surface area (Å²) in [6, 6.07) is 14.5. The predicted molar refractivity (Wildman–Crippen MR) is 81.9 cm³/mol. The Morgan fingerprint density at radius 1 is 1.05 bits per heavy atom. The van der Waals surface area contributed by atoms with Gasteiger partial charge in [-0.3, -0.25) is 4.79 Å². The van der Waals surface area contributed by atoms with Gasteiger partial charge >= 0.3 is 0 Å². The summed E-state index contributed by atoms with van der Waals surface area (Å²) in [6.45, 7) is 0. The van der Waals surface area contributed by atoms with Crippen molar-refractivity contribution >= 4 is 29.0 Å². The Balaban J connectivity index is 2.26. The number of hydrogen-bond acceptors (Lipinski definition) is 4. The Bertz CT molecular complexity index is 682. The summed E-state index contributed by atoms with van der Waals surface area (Å²) in [7, 11) is 0. The molecule has 0 unspecified atom stereocenters. The van der Waals surface area contributed by atoms with Crippen molar-refractivity contribution in [3.63, 3.8) is 0 Å². The van der Waals surface area contributed by atoms with Crippen molar-refractivity contribution < 1.29 is 9.90 Å². The highest BCUT2D eigenvalue weighted by atomic mass is 35.5. The molecule has 0 aliphatic carbocycles. The number of carbonyl (C=O) groups excluding carboxylic acids is 1. The molecule has 106 valence electrons. The molecule has 0 saturated heterocycles. The quantitative estimate of drug-likeness (QED) is 0.509. The van der Waals surface area contributed by atoms with Gasteiger partial charge in [-0.05, 0) is 29.4 Å². The van der Waals surface area contributed by atoms with Gasteiger partial charge in [0.15, 0.2) is 5.76 Å². The first-order chi connectivity index (χ1) is 10.1. The highest BCUT2D eigenvalue weighted by Crippen LogP contribution is 2.19. The van der Waals surface area contributed by atoms with Gasteiger partial charge in [-0.15, -0.1) is 4.91 Å². The number of amides is 1. The van der Waals surface area contributed by atoms with Crippen molar-refractivity contribution in [3.8, 4) is 0 Å². The van der Waals surface area contributed by atoms with Crippen LogP contribution < -0.4 is 5.32 Å². The zero-order valence-corrected chi connectivity index (χ0v) is 11.5. The fraction of sp³-hybridized carbons (Fsp3) is 0. The van der Waals surface area contributed by atoms with Gasteiger partial charge < -0.3 is 10.4 Å². The average Bonchev–Trinajstić information content (AvgIpc) is 2.51. The molecule has 0 aliphatic heterocycles.